The third-order valence-corrected chi connectivity index (χ3v) is 4.67. The fraction of sp³-hybridized carbons (Fsp3) is 0.667. The minimum atomic E-state index is 0.491. The van der Waals surface area contributed by atoms with Crippen LogP contribution >= 0.6 is 23.1 Å². The molecule has 1 N–H and O–H groups in total. The Balaban J connectivity index is 1.63. The van der Waals surface area contributed by atoms with Crippen LogP contribution in [0.4, 0.5) is 0 Å². The number of thiophene rings is 1. The van der Waals surface area contributed by atoms with Crippen molar-refractivity contribution in [3.05, 3.63) is 22.4 Å². The second-order valence-corrected chi connectivity index (χ2v) is 6.19. The van der Waals surface area contributed by atoms with Crippen molar-refractivity contribution in [2.24, 2.45) is 0 Å². The highest BCUT2D eigenvalue weighted by Crippen LogP contribution is 2.15. The van der Waals surface area contributed by atoms with Crippen LogP contribution in [-0.2, 0) is 0 Å². The van der Waals surface area contributed by atoms with Crippen molar-refractivity contribution in [2.45, 2.75) is 13.0 Å². The van der Waals surface area contributed by atoms with Crippen molar-refractivity contribution in [2.75, 3.05) is 37.7 Å². The summed E-state index contributed by atoms with van der Waals surface area (Å²) >= 11 is 3.85. The Bertz CT molecular complexity index is 281. The molecule has 0 aromatic carbocycles. The van der Waals surface area contributed by atoms with E-state index >= 15 is 0 Å². The zero-order chi connectivity index (χ0) is 11.2. The van der Waals surface area contributed by atoms with Crippen molar-refractivity contribution in [3.8, 4) is 0 Å². The molecule has 0 aliphatic carbocycles. The molecule has 2 nitrogen and oxygen atoms in total. The first-order valence-electron chi connectivity index (χ1n) is 5.92. The molecule has 16 heavy (non-hydrogen) atoms. The lowest BCUT2D eigenvalue weighted by Crippen LogP contribution is -2.38. The third-order valence-electron chi connectivity index (χ3n) is 3.03. The van der Waals surface area contributed by atoms with Crippen LogP contribution in [0.2, 0.25) is 0 Å². The van der Waals surface area contributed by atoms with Crippen LogP contribution in [0.25, 0.3) is 0 Å². The Morgan fingerprint density at radius 3 is 2.94 bits per heavy atom. The number of nitrogens with one attached hydrogen (secondary N) is 1. The molecule has 4 heteroatoms. The van der Waals surface area contributed by atoms with Crippen molar-refractivity contribution >= 4 is 23.1 Å². The zero-order valence-electron chi connectivity index (χ0n) is 9.82. The first kappa shape index (κ1) is 12.4. The van der Waals surface area contributed by atoms with E-state index in [4.69, 9.17) is 0 Å². The molecular formula is C12H20N2S2. The first-order valence-corrected chi connectivity index (χ1v) is 8.01. The lowest BCUT2D eigenvalue weighted by Gasteiger charge is -2.26. The fourth-order valence-electron chi connectivity index (χ4n) is 1.90. The van der Waals surface area contributed by atoms with Crippen molar-refractivity contribution in [1.29, 1.82) is 0 Å². The number of nitrogens with zero attached hydrogens (tertiary/aromatic N) is 1. The summed E-state index contributed by atoms with van der Waals surface area (Å²) in [5.41, 5.74) is 1.42. The smallest absolute Gasteiger partial charge is 0.0300 e. The molecule has 90 valence electrons. The van der Waals surface area contributed by atoms with Gasteiger partial charge in [0.05, 0.1) is 0 Å². The van der Waals surface area contributed by atoms with Gasteiger partial charge in [0.25, 0.3) is 0 Å². The minimum absolute atomic E-state index is 0.491. The van der Waals surface area contributed by atoms with Gasteiger partial charge in [0, 0.05) is 43.7 Å². The van der Waals surface area contributed by atoms with E-state index in [0.29, 0.717) is 6.04 Å². The molecule has 0 bridgehead atoms. The zero-order valence-corrected chi connectivity index (χ0v) is 11.4. The van der Waals surface area contributed by atoms with Crippen molar-refractivity contribution in [1.82, 2.24) is 10.2 Å². The summed E-state index contributed by atoms with van der Waals surface area (Å²) < 4.78 is 0. The van der Waals surface area contributed by atoms with E-state index in [2.05, 4.69) is 45.7 Å². The molecule has 2 heterocycles. The molecule has 1 unspecified atom stereocenters. The van der Waals surface area contributed by atoms with Gasteiger partial charge in [-0.15, -0.1) is 0 Å². The third kappa shape index (κ3) is 3.77. The normalized spacial score (nSPS) is 19.8. The maximum Gasteiger partial charge on any atom is 0.0300 e. The van der Waals surface area contributed by atoms with Crippen LogP contribution in [0.3, 0.4) is 0 Å². The first-order chi connectivity index (χ1) is 7.86. The van der Waals surface area contributed by atoms with E-state index in [9.17, 15) is 0 Å². The molecule has 1 aromatic rings. The molecule has 1 fully saturated rings. The Morgan fingerprint density at radius 1 is 1.44 bits per heavy atom. The molecule has 0 spiro atoms. The Morgan fingerprint density at radius 2 is 2.25 bits per heavy atom. The van der Waals surface area contributed by atoms with Crippen LogP contribution in [-0.4, -0.2) is 42.6 Å². The fourth-order valence-corrected chi connectivity index (χ4v) is 3.64. The monoisotopic (exact) mass is 256 g/mol. The van der Waals surface area contributed by atoms with Gasteiger partial charge in [-0.05, 0) is 29.3 Å². The lowest BCUT2D eigenvalue weighted by atomic mass is 10.2. The van der Waals surface area contributed by atoms with Gasteiger partial charge >= 0.3 is 0 Å². The lowest BCUT2D eigenvalue weighted by molar-refractivity contribution is 0.297. The minimum Gasteiger partial charge on any atom is -0.309 e. The highest BCUT2D eigenvalue weighted by Gasteiger charge is 2.10. The molecular weight excluding hydrogens is 236 g/mol. The van der Waals surface area contributed by atoms with Gasteiger partial charge in [-0.1, -0.05) is 0 Å². The molecule has 1 aliphatic heterocycles. The Hall–Kier alpha value is -0.0300. The number of hydrogen-bond acceptors (Lipinski definition) is 4. The average Bonchev–Trinajstić information content (AvgIpc) is 2.84. The predicted octanol–water partition coefficient (Wildman–Crippen LogP) is 2.45. The molecule has 0 amide bonds. The number of rotatable bonds is 5. The Labute approximate surface area is 106 Å². The molecule has 0 radical (unpaired) electrons. The van der Waals surface area contributed by atoms with Gasteiger partial charge in [0.15, 0.2) is 0 Å². The summed E-state index contributed by atoms with van der Waals surface area (Å²) in [5.74, 6) is 2.61. The highest BCUT2D eigenvalue weighted by atomic mass is 32.2. The molecule has 1 atom stereocenters. The largest absolute Gasteiger partial charge is 0.309 e. The number of hydrogen-bond donors (Lipinski definition) is 1. The van der Waals surface area contributed by atoms with E-state index in [0.717, 1.165) is 6.54 Å². The van der Waals surface area contributed by atoms with Gasteiger partial charge in [-0.2, -0.15) is 23.1 Å². The standard InChI is InChI=1S/C12H20N2S2/c1-11(12-2-7-16-10-12)13-3-4-14-5-8-15-9-6-14/h2,7,10-11,13H,3-6,8-9H2,1H3. The molecule has 1 aliphatic rings. The topological polar surface area (TPSA) is 15.3 Å². The van der Waals surface area contributed by atoms with Gasteiger partial charge in [-0.25, -0.2) is 0 Å². The summed E-state index contributed by atoms with van der Waals surface area (Å²) in [4.78, 5) is 2.56. The molecule has 1 aromatic heterocycles. The van der Waals surface area contributed by atoms with E-state index in [1.807, 2.05) is 0 Å². The predicted molar refractivity (Wildman–Crippen MR) is 74.5 cm³/mol. The van der Waals surface area contributed by atoms with Crippen LogP contribution < -0.4 is 5.32 Å². The second kappa shape index (κ2) is 6.64. The van der Waals surface area contributed by atoms with Gasteiger partial charge < -0.3 is 10.2 Å². The summed E-state index contributed by atoms with van der Waals surface area (Å²) in [6, 6.07) is 2.70. The summed E-state index contributed by atoms with van der Waals surface area (Å²) in [6.07, 6.45) is 0. The van der Waals surface area contributed by atoms with Crippen LogP contribution in [0.5, 0.6) is 0 Å². The van der Waals surface area contributed by atoms with Crippen LogP contribution in [0.15, 0.2) is 16.8 Å². The van der Waals surface area contributed by atoms with Crippen LogP contribution in [0, 0.1) is 0 Å². The molecule has 2 rings (SSSR count). The van der Waals surface area contributed by atoms with E-state index in [1.54, 1.807) is 11.3 Å². The number of thioether (sulfide) groups is 1. The molecule has 0 saturated carbocycles. The maximum absolute atomic E-state index is 3.59. The van der Waals surface area contributed by atoms with E-state index < -0.39 is 0 Å². The molecule has 1 saturated heterocycles. The quantitative estimate of drug-likeness (QED) is 0.871. The van der Waals surface area contributed by atoms with Crippen molar-refractivity contribution < 1.29 is 0 Å². The Kier molecular flexibility index (Phi) is 5.16. The SMILES string of the molecule is CC(NCCN1CCSCC1)c1ccsc1. The van der Waals surface area contributed by atoms with Crippen LogP contribution in [0.1, 0.15) is 18.5 Å². The summed E-state index contributed by atoms with van der Waals surface area (Å²) in [7, 11) is 0. The van der Waals surface area contributed by atoms with E-state index in [-0.39, 0.29) is 0 Å². The highest BCUT2D eigenvalue weighted by molar-refractivity contribution is 7.99. The summed E-state index contributed by atoms with van der Waals surface area (Å²) in [6.45, 7) is 7.06. The maximum atomic E-state index is 3.59. The average molecular weight is 256 g/mol. The van der Waals surface area contributed by atoms with Gasteiger partial charge in [-0.3, -0.25) is 0 Å². The van der Waals surface area contributed by atoms with Crippen molar-refractivity contribution in [3.63, 3.8) is 0 Å². The van der Waals surface area contributed by atoms with Gasteiger partial charge in [0.2, 0.25) is 0 Å². The summed E-state index contributed by atoms with van der Waals surface area (Å²) in [5, 5.41) is 7.97. The second-order valence-electron chi connectivity index (χ2n) is 4.19. The van der Waals surface area contributed by atoms with E-state index in [1.165, 1.54) is 36.7 Å². The van der Waals surface area contributed by atoms with Gasteiger partial charge in [0.1, 0.15) is 0 Å².